The van der Waals surface area contributed by atoms with Crippen molar-refractivity contribution >= 4 is 15.9 Å². The molecule has 0 saturated carbocycles. The minimum Gasteiger partial charge on any atom is -0.438 e. The summed E-state index contributed by atoms with van der Waals surface area (Å²) in [5, 5.41) is 0. The highest BCUT2D eigenvalue weighted by molar-refractivity contribution is 9.10. The van der Waals surface area contributed by atoms with Crippen molar-refractivity contribution in [2.75, 3.05) is 0 Å². The molecule has 0 fully saturated rings. The molecule has 3 nitrogen and oxygen atoms in total. The highest BCUT2D eigenvalue weighted by Gasteiger charge is 2.07. The van der Waals surface area contributed by atoms with E-state index in [1.807, 2.05) is 13.0 Å². The quantitative estimate of drug-likeness (QED) is 0.943. The smallest absolute Gasteiger partial charge is 0.219 e. The molecule has 5 heteroatoms. The summed E-state index contributed by atoms with van der Waals surface area (Å²) in [4.78, 5) is 4.26. The van der Waals surface area contributed by atoms with E-state index in [9.17, 15) is 4.39 Å². The van der Waals surface area contributed by atoms with Crippen molar-refractivity contribution in [3.8, 4) is 11.6 Å². The fraction of sp³-hybridized carbons (Fsp3) is 0.154. The van der Waals surface area contributed by atoms with Gasteiger partial charge in [-0.3, -0.25) is 0 Å². The monoisotopic (exact) mass is 310 g/mol. The van der Waals surface area contributed by atoms with Crippen molar-refractivity contribution in [2.45, 2.75) is 13.5 Å². The SMILES string of the molecule is Cc1nc(Oc2cc(F)ccc2Br)ccc1CN. The number of aryl methyl sites for hydroxylation is 1. The second-order valence-electron chi connectivity index (χ2n) is 3.77. The lowest BCUT2D eigenvalue weighted by molar-refractivity contribution is 0.453. The minimum absolute atomic E-state index is 0.358. The van der Waals surface area contributed by atoms with Gasteiger partial charge in [0, 0.05) is 24.4 Å². The number of rotatable bonds is 3. The molecule has 0 bridgehead atoms. The first-order valence-electron chi connectivity index (χ1n) is 5.39. The summed E-state index contributed by atoms with van der Waals surface area (Å²) in [5.41, 5.74) is 7.33. The molecular weight excluding hydrogens is 299 g/mol. The van der Waals surface area contributed by atoms with Gasteiger partial charge < -0.3 is 10.5 Å². The summed E-state index contributed by atoms with van der Waals surface area (Å²) >= 11 is 3.30. The topological polar surface area (TPSA) is 48.1 Å². The Bertz CT molecular complexity index is 575. The van der Waals surface area contributed by atoms with Gasteiger partial charge in [-0.2, -0.15) is 0 Å². The summed E-state index contributed by atoms with van der Waals surface area (Å²) in [6, 6.07) is 7.81. The zero-order chi connectivity index (χ0) is 13.1. The van der Waals surface area contributed by atoms with E-state index in [4.69, 9.17) is 10.5 Å². The van der Waals surface area contributed by atoms with E-state index in [2.05, 4.69) is 20.9 Å². The van der Waals surface area contributed by atoms with Crippen LogP contribution in [0.2, 0.25) is 0 Å². The van der Waals surface area contributed by atoms with Crippen LogP contribution in [0.5, 0.6) is 11.6 Å². The van der Waals surface area contributed by atoms with Gasteiger partial charge in [-0.25, -0.2) is 9.37 Å². The fourth-order valence-corrected chi connectivity index (χ4v) is 1.84. The summed E-state index contributed by atoms with van der Waals surface area (Å²) in [6.07, 6.45) is 0. The predicted molar refractivity (Wildman–Crippen MR) is 71.0 cm³/mol. The Morgan fingerprint density at radius 3 is 2.78 bits per heavy atom. The fourth-order valence-electron chi connectivity index (χ4n) is 1.51. The molecule has 0 atom stereocenters. The largest absolute Gasteiger partial charge is 0.438 e. The summed E-state index contributed by atoms with van der Waals surface area (Å²) in [6.45, 7) is 2.29. The Labute approximate surface area is 113 Å². The third-order valence-electron chi connectivity index (χ3n) is 2.50. The summed E-state index contributed by atoms with van der Waals surface area (Å²) in [5.74, 6) is 0.446. The molecule has 2 aromatic rings. The van der Waals surface area contributed by atoms with Crippen molar-refractivity contribution < 1.29 is 9.13 Å². The van der Waals surface area contributed by atoms with Gasteiger partial charge in [0.2, 0.25) is 5.88 Å². The van der Waals surface area contributed by atoms with Gasteiger partial charge in [0.15, 0.2) is 0 Å². The van der Waals surface area contributed by atoms with Crippen LogP contribution >= 0.6 is 15.9 Å². The van der Waals surface area contributed by atoms with Crippen molar-refractivity contribution in [1.82, 2.24) is 4.98 Å². The number of aromatic nitrogens is 1. The van der Waals surface area contributed by atoms with Crippen LogP contribution in [0.4, 0.5) is 4.39 Å². The van der Waals surface area contributed by atoms with Crippen LogP contribution in [0, 0.1) is 12.7 Å². The first kappa shape index (κ1) is 13.0. The van der Waals surface area contributed by atoms with Crippen molar-refractivity contribution in [2.24, 2.45) is 5.73 Å². The summed E-state index contributed by atoms with van der Waals surface area (Å²) < 4.78 is 19.3. The van der Waals surface area contributed by atoms with Crippen LogP contribution in [-0.2, 0) is 6.54 Å². The Balaban J connectivity index is 2.28. The molecule has 0 saturated heterocycles. The highest BCUT2D eigenvalue weighted by Crippen LogP contribution is 2.29. The first-order chi connectivity index (χ1) is 8.60. The number of ether oxygens (including phenoxy) is 1. The van der Waals surface area contributed by atoms with E-state index in [0.717, 1.165) is 11.3 Å². The molecule has 0 aliphatic carbocycles. The number of nitrogens with two attached hydrogens (primary N) is 1. The third-order valence-corrected chi connectivity index (χ3v) is 3.15. The Morgan fingerprint density at radius 1 is 1.33 bits per heavy atom. The van der Waals surface area contributed by atoms with Gasteiger partial charge in [0.1, 0.15) is 11.6 Å². The molecular formula is C13H12BrFN2O. The molecule has 0 amide bonds. The molecule has 1 aromatic carbocycles. The lowest BCUT2D eigenvalue weighted by Gasteiger charge is -2.09. The molecule has 1 heterocycles. The number of hydrogen-bond donors (Lipinski definition) is 1. The maximum atomic E-state index is 13.1. The average molecular weight is 311 g/mol. The second-order valence-corrected chi connectivity index (χ2v) is 4.63. The van der Waals surface area contributed by atoms with Gasteiger partial charge in [-0.15, -0.1) is 0 Å². The highest BCUT2D eigenvalue weighted by atomic mass is 79.9. The Hall–Kier alpha value is -1.46. The molecule has 0 aliphatic rings. The molecule has 2 rings (SSSR count). The first-order valence-corrected chi connectivity index (χ1v) is 6.19. The molecule has 94 valence electrons. The van der Waals surface area contributed by atoms with E-state index < -0.39 is 0 Å². The normalized spacial score (nSPS) is 10.4. The standard InChI is InChI=1S/C13H12BrFN2O/c1-8-9(7-16)2-5-13(17-8)18-12-6-10(15)3-4-11(12)14/h2-6H,7,16H2,1H3. The van der Waals surface area contributed by atoms with Crippen LogP contribution in [0.15, 0.2) is 34.8 Å². The number of pyridine rings is 1. The molecule has 2 N–H and O–H groups in total. The van der Waals surface area contributed by atoms with E-state index in [-0.39, 0.29) is 5.82 Å². The molecule has 0 radical (unpaired) electrons. The average Bonchev–Trinajstić information content (AvgIpc) is 2.34. The van der Waals surface area contributed by atoms with Gasteiger partial charge in [-0.05, 0) is 40.5 Å². The van der Waals surface area contributed by atoms with Crippen molar-refractivity contribution in [3.63, 3.8) is 0 Å². The number of nitrogens with zero attached hydrogens (tertiary/aromatic N) is 1. The zero-order valence-corrected chi connectivity index (χ0v) is 11.4. The van der Waals surface area contributed by atoms with Crippen LogP contribution in [0.3, 0.4) is 0 Å². The second kappa shape index (κ2) is 5.46. The van der Waals surface area contributed by atoms with Gasteiger partial charge in [0.25, 0.3) is 0 Å². The van der Waals surface area contributed by atoms with Crippen LogP contribution in [0.1, 0.15) is 11.3 Å². The maximum absolute atomic E-state index is 13.1. The van der Waals surface area contributed by atoms with E-state index >= 15 is 0 Å². The van der Waals surface area contributed by atoms with E-state index in [1.54, 1.807) is 12.1 Å². The zero-order valence-electron chi connectivity index (χ0n) is 9.78. The molecule has 18 heavy (non-hydrogen) atoms. The lowest BCUT2D eigenvalue weighted by Crippen LogP contribution is -2.01. The molecule has 0 unspecified atom stereocenters. The Kier molecular flexibility index (Phi) is 3.93. The maximum Gasteiger partial charge on any atom is 0.219 e. The summed E-state index contributed by atoms with van der Waals surface area (Å²) in [7, 11) is 0. The number of halogens is 2. The van der Waals surface area contributed by atoms with Gasteiger partial charge in [-0.1, -0.05) is 6.07 Å². The number of benzene rings is 1. The van der Waals surface area contributed by atoms with E-state index in [0.29, 0.717) is 22.6 Å². The Morgan fingerprint density at radius 2 is 2.11 bits per heavy atom. The van der Waals surface area contributed by atoms with E-state index in [1.165, 1.54) is 12.1 Å². The lowest BCUT2D eigenvalue weighted by atomic mass is 10.2. The molecule has 0 spiro atoms. The minimum atomic E-state index is -0.358. The molecule has 1 aromatic heterocycles. The third kappa shape index (κ3) is 2.86. The van der Waals surface area contributed by atoms with Gasteiger partial charge in [0.05, 0.1) is 4.47 Å². The van der Waals surface area contributed by atoms with Crippen LogP contribution in [0.25, 0.3) is 0 Å². The molecule has 0 aliphatic heterocycles. The van der Waals surface area contributed by atoms with Gasteiger partial charge >= 0.3 is 0 Å². The predicted octanol–water partition coefficient (Wildman–Crippen LogP) is 3.54. The van der Waals surface area contributed by atoms with Crippen molar-refractivity contribution in [3.05, 3.63) is 51.9 Å². The van der Waals surface area contributed by atoms with Crippen molar-refractivity contribution in [1.29, 1.82) is 0 Å². The van der Waals surface area contributed by atoms with Crippen LogP contribution in [-0.4, -0.2) is 4.98 Å². The van der Waals surface area contributed by atoms with Crippen LogP contribution < -0.4 is 10.5 Å². The number of hydrogen-bond acceptors (Lipinski definition) is 3.